The van der Waals surface area contributed by atoms with Crippen molar-refractivity contribution in [2.24, 2.45) is 0 Å². The standard InChI is InChI=1S/C16H27NO2/c18-16(14-6-4-2-1-3-5-7-14)10-13-19-15-8-11-17-12-9-15/h6,15,17H,1-5,7-13H2. The van der Waals surface area contributed by atoms with Gasteiger partial charge >= 0.3 is 0 Å². The van der Waals surface area contributed by atoms with E-state index in [0.717, 1.165) is 44.3 Å². The lowest BCUT2D eigenvalue weighted by atomic mass is 9.96. The van der Waals surface area contributed by atoms with Crippen LogP contribution in [0.2, 0.25) is 0 Å². The molecule has 1 fully saturated rings. The van der Waals surface area contributed by atoms with Crippen LogP contribution in [-0.4, -0.2) is 31.6 Å². The van der Waals surface area contributed by atoms with Gasteiger partial charge in [0.2, 0.25) is 0 Å². The minimum Gasteiger partial charge on any atom is -0.378 e. The highest BCUT2D eigenvalue weighted by Gasteiger charge is 2.15. The van der Waals surface area contributed by atoms with Crippen LogP contribution in [0.25, 0.3) is 0 Å². The second kappa shape index (κ2) is 8.49. The third kappa shape index (κ3) is 5.45. The maximum absolute atomic E-state index is 12.1. The fourth-order valence-electron chi connectivity index (χ4n) is 2.89. The van der Waals surface area contributed by atoms with Gasteiger partial charge in [-0.25, -0.2) is 0 Å². The Balaban J connectivity index is 1.67. The number of ether oxygens (including phenoxy) is 1. The number of carbonyl (C=O) groups is 1. The van der Waals surface area contributed by atoms with Gasteiger partial charge in [-0.3, -0.25) is 4.79 Å². The fourth-order valence-corrected chi connectivity index (χ4v) is 2.89. The number of Topliss-reactive ketones (excluding diaryl/α,β-unsaturated/α-hetero) is 1. The molecule has 0 atom stereocenters. The highest BCUT2D eigenvalue weighted by Crippen LogP contribution is 2.19. The van der Waals surface area contributed by atoms with E-state index >= 15 is 0 Å². The molecule has 1 aliphatic carbocycles. The van der Waals surface area contributed by atoms with Gasteiger partial charge in [0.1, 0.15) is 0 Å². The summed E-state index contributed by atoms with van der Waals surface area (Å²) in [6, 6.07) is 0. The Morgan fingerprint density at radius 3 is 2.84 bits per heavy atom. The Hall–Kier alpha value is -0.670. The predicted molar refractivity (Wildman–Crippen MR) is 77.3 cm³/mol. The van der Waals surface area contributed by atoms with Gasteiger partial charge in [0.05, 0.1) is 12.7 Å². The molecule has 0 unspecified atom stereocenters. The molecule has 0 spiro atoms. The summed E-state index contributed by atoms with van der Waals surface area (Å²) >= 11 is 0. The van der Waals surface area contributed by atoms with Crippen molar-refractivity contribution in [3.63, 3.8) is 0 Å². The molecule has 1 N–H and O–H groups in total. The van der Waals surface area contributed by atoms with Crippen molar-refractivity contribution in [1.82, 2.24) is 5.32 Å². The van der Waals surface area contributed by atoms with Crippen molar-refractivity contribution in [3.05, 3.63) is 11.6 Å². The molecule has 0 aromatic carbocycles. The summed E-state index contributed by atoms with van der Waals surface area (Å²) in [6.07, 6.45) is 12.3. The van der Waals surface area contributed by atoms with Crippen molar-refractivity contribution in [3.8, 4) is 0 Å². The van der Waals surface area contributed by atoms with Gasteiger partial charge < -0.3 is 10.1 Å². The van der Waals surface area contributed by atoms with Gasteiger partial charge in [0, 0.05) is 6.42 Å². The average molecular weight is 265 g/mol. The number of nitrogens with one attached hydrogen (secondary N) is 1. The molecule has 0 aromatic rings. The van der Waals surface area contributed by atoms with Crippen LogP contribution in [0.5, 0.6) is 0 Å². The van der Waals surface area contributed by atoms with Gasteiger partial charge in [0.25, 0.3) is 0 Å². The molecule has 0 bridgehead atoms. The molecule has 108 valence electrons. The molecule has 0 aromatic heterocycles. The molecule has 3 heteroatoms. The largest absolute Gasteiger partial charge is 0.378 e. The van der Waals surface area contributed by atoms with E-state index in [4.69, 9.17) is 4.74 Å². The average Bonchev–Trinajstić information content (AvgIpc) is 2.39. The van der Waals surface area contributed by atoms with Crippen LogP contribution in [0.3, 0.4) is 0 Å². The number of ketones is 1. The van der Waals surface area contributed by atoms with E-state index in [1.54, 1.807) is 0 Å². The first-order valence-electron chi connectivity index (χ1n) is 7.91. The molecule has 2 rings (SSSR count). The zero-order valence-corrected chi connectivity index (χ0v) is 12.0. The number of hydrogen-bond acceptors (Lipinski definition) is 3. The van der Waals surface area contributed by atoms with E-state index in [9.17, 15) is 4.79 Å². The lowest BCUT2D eigenvalue weighted by Crippen LogP contribution is -2.32. The Morgan fingerprint density at radius 2 is 2.00 bits per heavy atom. The third-order valence-corrected chi connectivity index (χ3v) is 4.12. The summed E-state index contributed by atoms with van der Waals surface area (Å²) in [6.45, 7) is 2.69. The van der Waals surface area contributed by atoms with Crippen molar-refractivity contribution in [2.75, 3.05) is 19.7 Å². The van der Waals surface area contributed by atoms with E-state index in [1.807, 2.05) is 0 Å². The van der Waals surface area contributed by atoms with Crippen LogP contribution in [0.4, 0.5) is 0 Å². The highest BCUT2D eigenvalue weighted by molar-refractivity contribution is 5.95. The SMILES string of the molecule is O=C(CCOC1CCNCC1)C1=CCCCCCC1. The predicted octanol–water partition coefficient (Wildman–Crippen LogP) is 2.99. The summed E-state index contributed by atoms with van der Waals surface area (Å²) in [5.74, 6) is 0.316. The van der Waals surface area contributed by atoms with E-state index < -0.39 is 0 Å². The summed E-state index contributed by atoms with van der Waals surface area (Å²) < 4.78 is 5.81. The van der Waals surface area contributed by atoms with Crippen LogP contribution in [-0.2, 0) is 9.53 Å². The summed E-state index contributed by atoms with van der Waals surface area (Å²) in [7, 11) is 0. The van der Waals surface area contributed by atoms with Gasteiger partial charge in [-0.1, -0.05) is 18.9 Å². The number of piperidine rings is 1. The van der Waals surface area contributed by atoms with E-state index in [2.05, 4.69) is 11.4 Å². The van der Waals surface area contributed by atoms with Crippen LogP contribution in [0.1, 0.15) is 57.8 Å². The molecular formula is C16H27NO2. The molecule has 2 aliphatic rings. The maximum atomic E-state index is 12.1. The summed E-state index contributed by atoms with van der Waals surface area (Å²) in [5.41, 5.74) is 1.06. The Labute approximate surface area is 116 Å². The van der Waals surface area contributed by atoms with Crippen LogP contribution >= 0.6 is 0 Å². The Morgan fingerprint density at radius 1 is 1.21 bits per heavy atom. The van der Waals surface area contributed by atoms with Gasteiger partial charge in [0.15, 0.2) is 5.78 Å². The third-order valence-electron chi connectivity index (χ3n) is 4.12. The smallest absolute Gasteiger partial charge is 0.160 e. The topological polar surface area (TPSA) is 38.3 Å². The number of rotatable bonds is 5. The maximum Gasteiger partial charge on any atom is 0.160 e. The van der Waals surface area contributed by atoms with Crippen molar-refractivity contribution in [2.45, 2.75) is 63.9 Å². The Bertz CT molecular complexity index is 306. The first-order valence-corrected chi connectivity index (χ1v) is 7.91. The quantitative estimate of drug-likeness (QED) is 0.830. The van der Waals surface area contributed by atoms with Crippen LogP contribution in [0, 0.1) is 0 Å². The molecule has 3 nitrogen and oxygen atoms in total. The zero-order chi connectivity index (χ0) is 13.3. The molecule has 0 radical (unpaired) electrons. The summed E-state index contributed by atoms with van der Waals surface area (Å²) in [5, 5.41) is 3.32. The molecule has 0 amide bonds. The van der Waals surface area contributed by atoms with Gasteiger partial charge in [-0.15, -0.1) is 0 Å². The Kier molecular flexibility index (Phi) is 6.58. The normalized spacial score (nSPS) is 22.4. The lowest BCUT2D eigenvalue weighted by molar-refractivity contribution is -0.117. The monoisotopic (exact) mass is 265 g/mol. The van der Waals surface area contributed by atoms with Crippen molar-refractivity contribution < 1.29 is 9.53 Å². The minimum absolute atomic E-state index is 0.316. The number of carbonyl (C=O) groups excluding carboxylic acids is 1. The highest BCUT2D eigenvalue weighted by atomic mass is 16.5. The van der Waals surface area contributed by atoms with Crippen LogP contribution in [0.15, 0.2) is 11.6 Å². The second-order valence-electron chi connectivity index (χ2n) is 5.68. The molecule has 0 saturated carbocycles. The zero-order valence-electron chi connectivity index (χ0n) is 12.0. The van der Waals surface area contributed by atoms with Gasteiger partial charge in [-0.2, -0.15) is 0 Å². The van der Waals surface area contributed by atoms with E-state index in [-0.39, 0.29) is 0 Å². The fraction of sp³-hybridized carbons (Fsp3) is 0.812. The van der Waals surface area contributed by atoms with Crippen LogP contribution < -0.4 is 5.32 Å². The number of hydrogen-bond donors (Lipinski definition) is 1. The summed E-state index contributed by atoms with van der Waals surface area (Å²) in [4.78, 5) is 12.1. The molecule has 1 aliphatic heterocycles. The van der Waals surface area contributed by atoms with Crippen molar-refractivity contribution >= 4 is 5.78 Å². The van der Waals surface area contributed by atoms with Gasteiger partial charge in [-0.05, 0) is 57.2 Å². The van der Waals surface area contributed by atoms with E-state index in [0.29, 0.717) is 24.9 Å². The van der Waals surface area contributed by atoms with E-state index in [1.165, 1.54) is 25.7 Å². The second-order valence-corrected chi connectivity index (χ2v) is 5.68. The molecule has 1 saturated heterocycles. The van der Waals surface area contributed by atoms with Crippen molar-refractivity contribution in [1.29, 1.82) is 0 Å². The first-order chi connectivity index (χ1) is 9.36. The lowest BCUT2D eigenvalue weighted by Gasteiger charge is -2.22. The molecular weight excluding hydrogens is 238 g/mol. The number of allylic oxidation sites excluding steroid dienone is 2. The first kappa shape index (κ1) is 14.7. The molecule has 1 heterocycles. The minimum atomic E-state index is 0.316. The molecule has 19 heavy (non-hydrogen) atoms.